The lowest BCUT2D eigenvalue weighted by atomic mass is 10.0. The normalized spacial score (nSPS) is 11.6. The van der Waals surface area contributed by atoms with Gasteiger partial charge in [-0.15, -0.1) is 0 Å². The number of rotatable bonds is 3. The number of fused-ring (bicyclic) bond motifs is 1. The number of hydrogen-bond acceptors (Lipinski definition) is 3. The molecule has 0 radical (unpaired) electrons. The van der Waals surface area contributed by atoms with Crippen LogP contribution in [0.2, 0.25) is 0 Å². The Balaban J connectivity index is 2.72. The first kappa shape index (κ1) is 11.1. The minimum Gasteiger partial charge on any atom is -0.335 e. The predicted octanol–water partition coefficient (Wildman–Crippen LogP) is 1.59. The van der Waals surface area contributed by atoms with Gasteiger partial charge in [0.2, 0.25) is 0 Å². The van der Waals surface area contributed by atoms with Gasteiger partial charge in [-0.25, -0.2) is 9.97 Å². The van der Waals surface area contributed by atoms with E-state index in [0.29, 0.717) is 12.5 Å². The molecule has 0 aromatic carbocycles. The molecule has 0 aliphatic rings. The Morgan fingerprint density at radius 2 is 2.12 bits per heavy atom. The summed E-state index contributed by atoms with van der Waals surface area (Å²) < 4.78 is 2.05. The maximum Gasteiger partial charge on any atom is 0.143 e. The zero-order valence-electron chi connectivity index (χ0n) is 10.1. The summed E-state index contributed by atoms with van der Waals surface area (Å²) in [6.45, 7) is 4.97. The molecule has 0 amide bonds. The zero-order chi connectivity index (χ0) is 11.7. The lowest BCUT2D eigenvalue weighted by Gasteiger charge is -2.07. The quantitative estimate of drug-likeness (QED) is 0.851. The minimum atomic E-state index is 0.407. The predicted molar refractivity (Wildman–Crippen MR) is 65.4 cm³/mol. The first-order valence-corrected chi connectivity index (χ1v) is 5.64. The van der Waals surface area contributed by atoms with Crippen LogP contribution in [0.5, 0.6) is 0 Å². The molecule has 2 aromatic rings. The van der Waals surface area contributed by atoms with Gasteiger partial charge >= 0.3 is 0 Å². The van der Waals surface area contributed by atoms with Crippen LogP contribution >= 0.6 is 0 Å². The molecule has 0 aliphatic carbocycles. The van der Waals surface area contributed by atoms with Crippen molar-refractivity contribution >= 4 is 11.0 Å². The Morgan fingerprint density at radius 3 is 2.75 bits per heavy atom. The van der Waals surface area contributed by atoms with Crippen molar-refractivity contribution in [3.63, 3.8) is 0 Å². The van der Waals surface area contributed by atoms with Gasteiger partial charge in [0.1, 0.15) is 12.0 Å². The second-order valence-corrected chi connectivity index (χ2v) is 4.42. The molecule has 0 fully saturated rings. The molecule has 0 bridgehead atoms. The summed E-state index contributed by atoms with van der Waals surface area (Å²) in [6.07, 6.45) is 4.63. The molecule has 2 aromatic heterocycles. The van der Waals surface area contributed by atoms with E-state index in [9.17, 15) is 0 Å². The number of hydrogen-bond donors (Lipinski definition) is 1. The van der Waals surface area contributed by atoms with E-state index in [2.05, 4.69) is 30.0 Å². The summed E-state index contributed by atoms with van der Waals surface area (Å²) in [5, 5.41) is 1.19. The van der Waals surface area contributed by atoms with Crippen LogP contribution in [0.4, 0.5) is 0 Å². The van der Waals surface area contributed by atoms with Crippen molar-refractivity contribution in [2.24, 2.45) is 12.8 Å². The average Bonchev–Trinajstić information content (AvgIpc) is 2.57. The van der Waals surface area contributed by atoms with Crippen LogP contribution in [-0.4, -0.2) is 21.1 Å². The summed E-state index contributed by atoms with van der Waals surface area (Å²) in [5.74, 6) is 0.407. The fourth-order valence-corrected chi connectivity index (χ4v) is 2.11. The fraction of sp³-hybridized carbons (Fsp3) is 0.500. The Kier molecular flexibility index (Phi) is 2.92. The number of nitrogens with zero attached hydrogens (tertiary/aromatic N) is 3. The van der Waals surface area contributed by atoms with E-state index < -0.39 is 0 Å². The maximum atomic E-state index is 5.64. The summed E-state index contributed by atoms with van der Waals surface area (Å²) in [7, 11) is 2.01. The summed E-state index contributed by atoms with van der Waals surface area (Å²) in [4.78, 5) is 8.74. The van der Waals surface area contributed by atoms with Crippen LogP contribution < -0.4 is 5.73 Å². The highest BCUT2D eigenvalue weighted by atomic mass is 15.0. The van der Waals surface area contributed by atoms with Crippen molar-refractivity contribution in [3.05, 3.63) is 23.8 Å². The van der Waals surface area contributed by atoms with E-state index in [4.69, 9.17) is 5.73 Å². The van der Waals surface area contributed by atoms with Crippen molar-refractivity contribution in [1.82, 2.24) is 14.5 Å². The van der Waals surface area contributed by atoms with E-state index in [1.165, 1.54) is 10.9 Å². The summed E-state index contributed by atoms with van der Waals surface area (Å²) in [6, 6.07) is 0. The first-order valence-electron chi connectivity index (χ1n) is 5.64. The van der Waals surface area contributed by atoms with Crippen LogP contribution in [-0.2, 0) is 13.5 Å². The molecule has 4 nitrogen and oxygen atoms in total. The standard InChI is InChI=1S/C12H18N4/c1-8(2)11-10-9(4-5-13)6-16(3)12(10)15-7-14-11/h6-8H,4-5,13H2,1-3H3. The molecule has 0 aliphatic heterocycles. The molecule has 16 heavy (non-hydrogen) atoms. The first-order chi connectivity index (χ1) is 7.65. The topological polar surface area (TPSA) is 56.7 Å². The molecule has 2 rings (SSSR count). The number of nitrogens with two attached hydrogens (primary N) is 1. The molecule has 2 heterocycles. The van der Waals surface area contributed by atoms with Crippen molar-refractivity contribution < 1.29 is 0 Å². The van der Waals surface area contributed by atoms with Crippen LogP contribution in [0, 0.1) is 0 Å². The third kappa shape index (κ3) is 1.69. The van der Waals surface area contributed by atoms with Gasteiger partial charge in [-0.2, -0.15) is 0 Å². The van der Waals surface area contributed by atoms with E-state index in [0.717, 1.165) is 17.8 Å². The largest absolute Gasteiger partial charge is 0.335 e. The van der Waals surface area contributed by atoms with E-state index in [1.807, 2.05) is 11.6 Å². The molecule has 2 N–H and O–H groups in total. The van der Waals surface area contributed by atoms with Crippen molar-refractivity contribution in [2.45, 2.75) is 26.2 Å². The lowest BCUT2D eigenvalue weighted by Crippen LogP contribution is -2.03. The Hall–Kier alpha value is -1.42. The number of aromatic nitrogens is 3. The van der Waals surface area contributed by atoms with E-state index in [-0.39, 0.29) is 0 Å². The second-order valence-electron chi connectivity index (χ2n) is 4.42. The SMILES string of the molecule is CC(C)c1ncnc2c1c(CCN)cn2C. The molecular weight excluding hydrogens is 200 g/mol. The van der Waals surface area contributed by atoms with Crippen LogP contribution in [0.1, 0.15) is 31.0 Å². The average molecular weight is 218 g/mol. The highest BCUT2D eigenvalue weighted by molar-refractivity contribution is 5.83. The highest BCUT2D eigenvalue weighted by Gasteiger charge is 2.14. The monoisotopic (exact) mass is 218 g/mol. The molecule has 0 spiro atoms. The Morgan fingerprint density at radius 1 is 1.38 bits per heavy atom. The fourth-order valence-electron chi connectivity index (χ4n) is 2.11. The van der Waals surface area contributed by atoms with Gasteiger partial charge in [-0.1, -0.05) is 13.8 Å². The second kappa shape index (κ2) is 4.22. The van der Waals surface area contributed by atoms with E-state index in [1.54, 1.807) is 6.33 Å². The molecule has 0 saturated heterocycles. The number of aryl methyl sites for hydroxylation is 1. The molecule has 0 unspecified atom stereocenters. The maximum absolute atomic E-state index is 5.64. The molecule has 0 saturated carbocycles. The van der Waals surface area contributed by atoms with Gasteiger partial charge in [0.15, 0.2) is 0 Å². The molecule has 0 atom stereocenters. The third-order valence-corrected chi connectivity index (χ3v) is 2.82. The van der Waals surface area contributed by atoms with Crippen LogP contribution in [0.3, 0.4) is 0 Å². The van der Waals surface area contributed by atoms with Crippen molar-refractivity contribution in [1.29, 1.82) is 0 Å². The highest BCUT2D eigenvalue weighted by Crippen LogP contribution is 2.26. The van der Waals surface area contributed by atoms with Crippen molar-refractivity contribution in [2.75, 3.05) is 6.54 Å². The van der Waals surface area contributed by atoms with Gasteiger partial charge in [0.25, 0.3) is 0 Å². The summed E-state index contributed by atoms with van der Waals surface area (Å²) in [5.41, 5.74) is 9.01. The third-order valence-electron chi connectivity index (χ3n) is 2.82. The van der Waals surface area contributed by atoms with Crippen molar-refractivity contribution in [3.8, 4) is 0 Å². The van der Waals surface area contributed by atoms with Gasteiger partial charge in [0, 0.05) is 18.6 Å². The molecule has 4 heteroatoms. The zero-order valence-corrected chi connectivity index (χ0v) is 10.1. The lowest BCUT2D eigenvalue weighted by molar-refractivity contribution is 0.824. The van der Waals surface area contributed by atoms with Gasteiger partial charge in [-0.3, -0.25) is 0 Å². The smallest absolute Gasteiger partial charge is 0.143 e. The van der Waals surface area contributed by atoms with Crippen LogP contribution in [0.25, 0.3) is 11.0 Å². The summed E-state index contributed by atoms with van der Waals surface area (Å²) >= 11 is 0. The van der Waals surface area contributed by atoms with E-state index >= 15 is 0 Å². The minimum absolute atomic E-state index is 0.407. The Labute approximate surface area is 95.5 Å². The van der Waals surface area contributed by atoms with Gasteiger partial charge in [0.05, 0.1) is 5.69 Å². The molecule has 86 valence electrons. The van der Waals surface area contributed by atoms with Gasteiger partial charge < -0.3 is 10.3 Å². The molecular formula is C12H18N4. The van der Waals surface area contributed by atoms with Gasteiger partial charge in [-0.05, 0) is 24.4 Å². The Bertz CT molecular complexity index is 499. The van der Waals surface area contributed by atoms with Crippen LogP contribution in [0.15, 0.2) is 12.5 Å².